The first-order chi connectivity index (χ1) is 9.49. The monoisotopic (exact) mass is 312 g/mol. The Morgan fingerprint density at radius 1 is 1.30 bits per heavy atom. The Labute approximate surface area is 125 Å². The minimum Gasteiger partial charge on any atom is -0.337 e. The van der Waals surface area contributed by atoms with Crippen LogP contribution in [-0.4, -0.2) is 22.8 Å². The topological polar surface area (TPSA) is 33.2 Å². The van der Waals surface area contributed by atoms with Gasteiger partial charge in [0.15, 0.2) is 0 Å². The summed E-state index contributed by atoms with van der Waals surface area (Å²) in [6.07, 6.45) is 1.20. The van der Waals surface area contributed by atoms with Crippen LogP contribution in [-0.2, 0) is 6.54 Å². The molecule has 2 rings (SSSR count). The molecule has 2 aromatic rings. The third-order valence-corrected chi connectivity index (χ3v) is 3.62. The molecule has 0 spiro atoms. The molecule has 0 saturated carbocycles. The summed E-state index contributed by atoms with van der Waals surface area (Å²) in [7, 11) is 1.63. The Morgan fingerprint density at radius 3 is 2.70 bits per heavy atom. The van der Waals surface area contributed by atoms with E-state index < -0.39 is 5.95 Å². The van der Waals surface area contributed by atoms with Gasteiger partial charge < -0.3 is 4.90 Å². The quantitative estimate of drug-likeness (QED) is 0.808. The highest BCUT2D eigenvalue weighted by Gasteiger charge is 2.14. The van der Waals surface area contributed by atoms with Gasteiger partial charge in [-0.1, -0.05) is 35.3 Å². The Hall–Kier alpha value is -1.65. The van der Waals surface area contributed by atoms with Gasteiger partial charge in [0, 0.05) is 19.8 Å². The zero-order valence-corrected chi connectivity index (χ0v) is 12.1. The third kappa shape index (κ3) is 3.26. The van der Waals surface area contributed by atoms with Crippen molar-refractivity contribution < 1.29 is 9.18 Å². The van der Waals surface area contributed by atoms with Crippen LogP contribution in [0.5, 0.6) is 0 Å². The second-order valence-electron chi connectivity index (χ2n) is 4.24. The van der Waals surface area contributed by atoms with Crippen LogP contribution in [0.25, 0.3) is 0 Å². The molecule has 104 valence electrons. The first-order valence-corrected chi connectivity index (χ1v) is 6.54. The van der Waals surface area contributed by atoms with E-state index in [9.17, 15) is 9.18 Å². The first kappa shape index (κ1) is 14.8. The maximum atomic E-state index is 12.7. The fourth-order valence-corrected chi connectivity index (χ4v) is 2.10. The third-order valence-electron chi connectivity index (χ3n) is 2.76. The van der Waals surface area contributed by atoms with Gasteiger partial charge in [0.25, 0.3) is 5.91 Å². The molecule has 0 saturated heterocycles. The minimum absolute atomic E-state index is 0.270. The van der Waals surface area contributed by atoms with Gasteiger partial charge in [-0.2, -0.15) is 4.39 Å². The highest BCUT2D eigenvalue weighted by atomic mass is 35.5. The van der Waals surface area contributed by atoms with Gasteiger partial charge in [-0.3, -0.25) is 4.79 Å². The number of aromatic nitrogens is 1. The van der Waals surface area contributed by atoms with Crippen LogP contribution in [0, 0.1) is 5.95 Å². The second kappa shape index (κ2) is 6.20. The zero-order chi connectivity index (χ0) is 14.7. The van der Waals surface area contributed by atoms with E-state index in [4.69, 9.17) is 23.2 Å². The largest absolute Gasteiger partial charge is 0.337 e. The van der Waals surface area contributed by atoms with Crippen LogP contribution < -0.4 is 0 Å². The Morgan fingerprint density at radius 2 is 2.05 bits per heavy atom. The SMILES string of the molecule is CN(Cc1cccc(Cl)c1Cl)C(=O)c1ccc(F)nc1. The molecule has 20 heavy (non-hydrogen) atoms. The predicted molar refractivity (Wildman–Crippen MR) is 76.5 cm³/mol. The lowest BCUT2D eigenvalue weighted by Gasteiger charge is -2.18. The maximum Gasteiger partial charge on any atom is 0.255 e. The fourth-order valence-electron chi connectivity index (χ4n) is 1.72. The molecule has 0 atom stereocenters. The van der Waals surface area contributed by atoms with Crippen molar-refractivity contribution in [1.82, 2.24) is 9.88 Å². The molecule has 0 aliphatic heterocycles. The number of hydrogen-bond donors (Lipinski definition) is 0. The van der Waals surface area contributed by atoms with Crippen molar-refractivity contribution in [2.24, 2.45) is 0 Å². The van der Waals surface area contributed by atoms with Crippen molar-refractivity contribution in [2.75, 3.05) is 7.05 Å². The summed E-state index contributed by atoms with van der Waals surface area (Å²) >= 11 is 12.0. The normalized spacial score (nSPS) is 10.4. The number of nitrogens with zero attached hydrogens (tertiary/aromatic N) is 2. The van der Waals surface area contributed by atoms with Gasteiger partial charge >= 0.3 is 0 Å². The molecule has 0 unspecified atom stereocenters. The van der Waals surface area contributed by atoms with E-state index >= 15 is 0 Å². The zero-order valence-electron chi connectivity index (χ0n) is 10.6. The molecule has 0 N–H and O–H groups in total. The van der Waals surface area contributed by atoms with E-state index in [1.807, 2.05) is 0 Å². The summed E-state index contributed by atoms with van der Waals surface area (Å²) in [5, 5.41) is 0.861. The van der Waals surface area contributed by atoms with Gasteiger partial charge in [0.05, 0.1) is 15.6 Å². The number of halogens is 3. The van der Waals surface area contributed by atoms with E-state index in [1.54, 1.807) is 25.2 Å². The van der Waals surface area contributed by atoms with Gasteiger partial charge in [0.1, 0.15) is 0 Å². The van der Waals surface area contributed by atoms with Crippen LogP contribution in [0.4, 0.5) is 4.39 Å². The van der Waals surface area contributed by atoms with Crippen LogP contribution in [0.2, 0.25) is 10.0 Å². The lowest BCUT2D eigenvalue weighted by Crippen LogP contribution is -2.26. The van der Waals surface area contributed by atoms with Crippen molar-refractivity contribution in [3.05, 3.63) is 63.6 Å². The smallest absolute Gasteiger partial charge is 0.255 e. The summed E-state index contributed by atoms with van der Waals surface area (Å²) < 4.78 is 12.7. The molecule has 0 bridgehead atoms. The molecule has 1 amide bonds. The highest BCUT2D eigenvalue weighted by molar-refractivity contribution is 6.42. The molecule has 0 fully saturated rings. The fraction of sp³-hybridized carbons (Fsp3) is 0.143. The molecule has 6 heteroatoms. The van der Waals surface area contributed by atoms with Gasteiger partial charge in [-0.15, -0.1) is 0 Å². The van der Waals surface area contributed by atoms with E-state index in [0.29, 0.717) is 22.2 Å². The van der Waals surface area contributed by atoms with Crippen LogP contribution in [0.3, 0.4) is 0 Å². The number of amides is 1. The molecule has 1 heterocycles. The molecule has 0 aliphatic carbocycles. The molecular weight excluding hydrogens is 302 g/mol. The van der Waals surface area contributed by atoms with Gasteiger partial charge in [-0.25, -0.2) is 4.98 Å². The number of carbonyl (C=O) groups excluding carboxylic acids is 1. The van der Waals surface area contributed by atoms with E-state index in [-0.39, 0.29) is 5.91 Å². The minimum atomic E-state index is -0.623. The Bertz CT molecular complexity index is 632. The summed E-state index contributed by atoms with van der Waals surface area (Å²) in [6, 6.07) is 7.77. The molecule has 0 aliphatic rings. The summed E-state index contributed by atoms with van der Waals surface area (Å²) in [4.78, 5) is 17.1. The van der Waals surface area contributed by atoms with Gasteiger partial charge in [0.2, 0.25) is 5.95 Å². The maximum absolute atomic E-state index is 12.7. The van der Waals surface area contributed by atoms with Crippen molar-refractivity contribution in [1.29, 1.82) is 0 Å². The van der Waals surface area contributed by atoms with Crippen LogP contribution in [0.1, 0.15) is 15.9 Å². The van der Waals surface area contributed by atoms with Crippen LogP contribution >= 0.6 is 23.2 Å². The molecule has 3 nitrogen and oxygen atoms in total. The van der Waals surface area contributed by atoms with Crippen molar-refractivity contribution in [3.63, 3.8) is 0 Å². The van der Waals surface area contributed by atoms with Crippen molar-refractivity contribution in [3.8, 4) is 0 Å². The van der Waals surface area contributed by atoms with E-state index in [0.717, 1.165) is 11.6 Å². The highest BCUT2D eigenvalue weighted by Crippen LogP contribution is 2.26. The number of carbonyl (C=O) groups is 1. The van der Waals surface area contributed by atoms with Crippen LogP contribution in [0.15, 0.2) is 36.5 Å². The number of hydrogen-bond acceptors (Lipinski definition) is 2. The van der Waals surface area contributed by atoms with E-state index in [2.05, 4.69) is 4.98 Å². The standard InChI is InChI=1S/C14H11Cl2FN2O/c1-19(8-10-3-2-4-11(15)13(10)16)14(20)9-5-6-12(17)18-7-9/h2-7H,8H2,1H3. The lowest BCUT2D eigenvalue weighted by molar-refractivity contribution is 0.0784. The Kier molecular flexibility index (Phi) is 4.57. The molecular formula is C14H11Cl2FN2O. The predicted octanol–water partition coefficient (Wildman–Crippen LogP) is 3.80. The van der Waals surface area contributed by atoms with Gasteiger partial charge in [-0.05, 0) is 23.8 Å². The first-order valence-electron chi connectivity index (χ1n) is 5.79. The van der Waals surface area contributed by atoms with Crippen molar-refractivity contribution in [2.45, 2.75) is 6.54 Å². The average Bonchev–Trinajstić information content (AvgIpc) is 2.44. The summed E-state index contributed by atoms with van der Waals surface area (Å²) in [5.41, 5.74) is 1.05. The van der Waals surface area contributed by atoms with Crippen molar-refractivity contribution >= 4 is 29.1 Å². The number of benzene rings is 1. The molecule has 0 radical (unpaired) electrons. The molecule has 1 aromatic carbocycles. The number of pyridine rings is 1. The van der Waals surface area contributed by atoms with E-state index in [1.165, 1.54) is 17.2 Å². The summed E-state index contributed by atoms with van der Waals surface area (Å²) in [5.74, 6) is -0.893. The Balaban J connectivity index is 2.15. The molecule has 1 aromatic heterocycles. The number of rotatable bonds is 3. The average molecular weight is 313 g/mol. The summed E-state index contributed by atoms with van der Waals surface area (Å²) in [6.45, 7) is 0.301. The lowest BCUT2D eigenvalue weighted by atomic mass is 10.2. The second-order valence-corrected chi connectivity index (χ2v) is 5.03.